The van der Waals surface area contributed by atoms with Crippen LogP contribution in [0.2, 0.25) is 0 Å². The van der Waals surface area contributed by atoms with Gasteiger partial charge in [-0.25, -0.2) is 4.79 Å². The van der Waals surface area contributed by atoms with Gasteiger partial charge in [-0.15, -0.1) is 0 Å². The van der Waals surface area contributed by atoms with E-state index in [4.69, 9.17) is 9.84 Å². The normalized spacial score (nSPS) is 20.1. The SMILES string of the molecule is CO.C[C@@H]1C/C=C/C(=O)CCCC(=O)Cc2cc(O)cc(O)c2C(=O)O1. The summed E-state index contributed by atoms with van der Waals surface area (Å²) in [6, 6.07) is 2.31. The number of esters is 1. The second-order valence-corrected chi connectivity index (χ2v) is 5.89. The molecule has 0 unspecified atom stereocenters. The molecule has 1 atom stereocenters. The second-order valence-electron chi connectivity index (χ2n) is 5.89. The zero-order valence-corrected chi connectivity index (χ0v) is 14.9. The van der Waals surface area contributed by atoms with Crippen molar-refractivity contribution in [2.75, 3.05) is 7.11 Å². The lowest BCUT2D eigenvalue weighted by molar-refractivity contribution is -0.118. The van der Waals surface area contributed by atoms with Crippen molar-refractivity contribution in [1.82, 2.24) is 0 Å². The number of Topliss-reactive ketones (excluding diaryl/α,β-unsaturated/α-hetero) is 1. The largest absolute Gasteiger partial charge is 0.508 e. The maximum atomic E-state index is 12.3. The summed E-state index contributed by atoms with van der Waals surface area (Å²) in [6.45, 7) is 1.67. The third-order valence-electron chi connectivity index (χ3n) is 3.73. The number of hydrogen-bond acceptors (Lipinski definition) is 7. The molecule has 0 aliphatic carbocycles. The maximum Gasteiger partial charge on any atom is 0.342 e. The number of phenolic OH excluding ortho intramolecular Hbond substituents is 2. The van der Waals surface area contributed by atoms with Crippen LogP contribution in [-0.2, 0) is 20.7 Å². The van der Waals surface area contributed by atoms with Gasteiger partial charge >= 0.3 is 5.97 Å². The molecular formula is C19H24O7. The van der Waals surface area contributed by atoms with E-state index < -0.39 is 17.8 Å². The van der Waals surface area contributed by atoms with E-state index in [2.05, 4.69) is 0 Å². The number of rotatable bonds is 0. The smallest absolute Gasteiger partial charge is 0.342 e. The molecule has 0 bridgehead atoms. The number of benzene rings is 1. The van der Waals surface area contributed by atoms with Gasteiger partial charge in [-0.05, 0) is 31.1 Å². The Labute approximate surface area is 151 Å². The minimum absolute atomic E-state index is 0.0749. The summed E-state index contributed by atoms with van der Waals surface area (Å²) < 4.78 is 5.26. The molecular weight excluding hydrogens is 340 g/mol. The summed E-state index contributed by atoms with van der Waals surface area (Å²) in [5, 5.41) is 26.6. The molecule has 26 heavy (non-hydrogen) atoms. The Bertz CT molecular complexity index is 691. The summed E-state index contributed by atoms with van der Waals surface area (Å²) in [7, 11) is 1.00. The highest BCUT2D eigenvalue weighted by Crippen LogP contribution is 2.29. The van der Waals surface area contributed by atoms with E-state index in [0.717, 1.165) is 13.2 Å². The molecule has 7 nitrogen and oxygen atoms in total. The number of carbonyl (C=O) groups is 3. The van der Waals surface area contributed by atoms with Crippen LogP contribution >= 0.6 is 0 Å². The number of fused-ring (bicyclic) bond motifs is 1. The average Bonchev–Trinajstić information content (AvgIpc) is 2.55. The molecule has 0 amide bonds. The molecule has 0 aromatic heterocycles. The van der Waals surface area contributed by atoms with Crippen molar-refractivity contribution in [3.8, 4) is 11.5 Å². The number of ketones is 2. The van der Waals surface area contributed by atoms with E-state index in [1.165, 1.54) is 12.1 Å². The number of ether oxygens (including phenoxy) is 1. The van der Waals surface area contributed by atoms with Crippen molar-refractivity contribution in [3.05, 3.63) is 35.4 Å². The van der Waals surface area contributed by atoms with Gasteiger partial charge in [0.25, 0.3) is 0 Å². The Balaban J connectivity index is 0.00000163. The summed E-state index contributed by atoms with van der Waals surface area (Å²) in [4.78, 5) is 36.0. The average molecular weight is 364 g/mol. The van der Waals surface area contributed by atoms with Gasteiger partial charge < -0.3 is 20.1 Å². The minimum atomic E-state index is -0.764. The van der Waals surface area contributed by atoms with Crippen LogP contribution in [0.15, 0.2) is 24.3 Å². The lowest BCUT2D eigenvalue weighted by Gasteiger charge is -2.15. The fraction of sp³-hybridized carbons (Fsp3) is 0.421. The molecule has 7 heteroatoms. The third kappa shape index (κ3) is 6.33. The van der Waals surface area contributed by atoms with E-state index in [-0.39, 0.29) is 47.7 Å². The molecule has 1 aliphatic rings. The van der Waals surface area contributed by atoms with Crippen LogP contribution in [0, 0.1) is 0 Å². The van der Waals surface area contributed by atoms with Crippen LogP contribution in [-0.4, -0.2) is 46.1 Å². The van der Waals surface area contributed by atoms with Crippen molar-refractivity contribution in [2.24, 2.45) is 0 Å². The quantitative estimate of drug-likeness (QED) is 0.602. The van der Waals surface area contributed by atoms with E-state index in [1.807, 2.05) is 0 Å². The van der Waals surface area contributed by atoms with Gasteiger partial charge in [0.1, 0.15) is 28.9 Å². The first-order chi connectivity index (χ1) is 12.4. The predicted molar refractivity (Wildman–Crippen MR) is 94.1 cm³/mol. The fourth-order valence-corrected chi connectivity index (χ4v) is 2.57. The number of aliphatic hydroxyl groups excluding tert-OH is 1. The zero-order chi connectivity index (χ0) is 19.7. The van der Waals surface area contributed by atoms with E-state index in [0.29, 0.717) is 12.8 Å². The minimum Gasteiger partial charge on any atom is -0.508 e. The lowest BCUT2D eigenvalue weighted by atomic mass is 9.98. The number of aliphatic hydroxyl groups is 1. The van der Waals surface area contributed by atoms with Crippen molar-refractivity contribution in [3.63, 3.8) is 0 Å². The molecule has 1 aromatic carbocycles. The second kappa shape index (κ2) is 10.4. The summed E-state index contributed by atoms with van der Waals surface area (Å²) in [6.07, 6.45) is 3.68. The highest BCUT2D eigenvalue weighted by atomic mass is 16.5. The highest BCUT2D eigenvalue weighted by molar-refractivity contribution is 5.96. The van der Waals surface area contributed by atoms with Crippen molar-refractivity contribution in [2.45, 2.75) is 45.1 Å². The fourth-order valence-electron chi connectivity index (χ4n) is 2.57. The number of cyclic esters (lactones) is 1. The number of carbonyl (C=O) groups excluding carboxylic acids is 3. The third-order valence-corrected chi connectivity index (χ3v) is 3.73. The molecule has 0 saturated carbocycles. The Morgan fingerprint density at radius 2 is 1.77 bits per heavy atom. The standard InChI is InChI=1S/C18H20O6.CH4O/c1-11-4-2-5-13(19)6-3-7-14(20)8-12-9-15(21)10-16(22)17(12)18(23)24-11;1-2/h2,5,9-11,21-22H,3-4,6-8H2,1H3;2H,1H3/b5-2+;/t11-;/m1./s1. The molecule has 0 saturated heterocycles. The van der Waals surface area contributed by atoms with E-state index in [9.17, 15) is 24.6 Å². The van der Waals surface area contributed by atoms with Crippen LogP contribution in [0.25, 0.3) is 0 Å². The zero-order valence-electron chi connectivity index (χ0n) is 14.9. The first-order valence-electron chi connectivity index (χ1n) is 8.28. The highest BCUT2D eigenvalue weighted by Gasteiger charge is 2.22. The van der Waals surface area contributed by atoms with Crippen molar-refractivity contribution < 1.29 is 34.4 Å². The number of phenols is 2. The van der Waals surface area contributed by atoms with Gasteiger partial charge in [-0.1, -0.05) is 6.08 Å². The Kier molecular flexibility index (Phi) is 8.51. The predicted octanol–water partition coefficient (Wildman–Crippen LogP) is 2.06. The van der Waals surface area contributed by atoms with E-state index in [1.54, 1.807) is 13.0 Å². The van der Waals surface area contributed by atoms with Crippen molar-refractivity contribution >= 4 is 17.5 Å². The molecule has 0 radical (unpaired) electrons. The molecule has 2 rings (SSSR count). The first-order valence-corrected chi connectivity index (χ1v) is 8.28. The van der Waals surface area contributed by atoms with Gasteiger partial charge in [0, 0.05) is 38.9 Å². The van der Waals surface area contributed by atoms with Crippen LogP contribution in [0.3, 0.4) is 0 Å². The molecule has 1 heterocycles. The van der Waals surface area contributed by atoms with Gasteiger partial charge in [-0.3, -0.25) is 9.59 Å². The number of allylic oxidation sites excluding steroid dienone is 1. The van der Waals surface area contributed by atoms with E-state index >= 15 is 0 Å². The molecule has 0 spiro atoms. The Morgan fingerprint density at radius 3 is 2.46 bits per heavy atom. The molecule has 1 aliphatic heterocycles. The molecule has 3 N–H and O–H groups in total. The van der Waals surface area contributed by atoms with Gasteiger partial charge in [0.2, 0.25) is 0 Å². The van der Waals surface area contributed by atoms with Gasteiger partial charge in [0.15, 0.2) is 5.78 Å². The van der Waals surface area contributed by atoms with Crippen LogP contribution in [0.5, 0.6) is 11.5 Å². The number of hydrogen-bond donors (Lipinski definition) is 3. The first kappa shape index (κ1) is 21.4. The topological polar surface area (TPSA) is 121 Å². The summed E-state index contributed by atoms with van der Waals surface area (Å²) >= 11 is 0. The monoisotopic (exact) mass is 364 g/mol. The van der Waals surface area contributed by atoms with Crippen LogP contribution < -0.4 is 0 Å². The molecule has 142 valence electrons. The molecule has 1 aromatic rings. The van der Waals surface area contributed by atoms with Crippen molar-refractivity contribution in [1.29, 1.82) is 0 Å². The number of aromatic hydroxyl groups is 2. The summed E-state index contributed by atoms with van der Waals surface area (Å²) in [5.74, 6) is -1.68. The molecule has 0 fully saturated rings. The van der Waals surface area contributed by atoms with Crippen LogP contribution in [0.4, 0.5) is 0 Å². The van der Waals surface area contributed by atoms with Gasteiger partial charge in [-0.2, -0.15) is 0 Å². The summed E-state index contributed by atoms with van der Waals surface area (Å²) in [5.41, 5.74) is 0.110. The van der Waals surface area contributed by atoms with Gasteiger partial charge in [0.05, 0.1) is 0 Å². The maximum absolute atomic E-state index is 12.3. The van der Waals surface area contributed by atoms with Crippen LogP contribution in [0.1, 0.15) is 48.5 Å². The Morgan fingerprint density at radius 1 is 1.08 bits per heavy atom. The Hall–Kier alpha value is -2.67. The lowest BCUT2D eigenvalue weighted by Crippen LogP contribution is -2.17.